The van der Waals surface area contributed by atoms with E-state index < -0.39 is 6.61 Å². The van der Waals surface area contributed by atoms with Gasteiger partial charge in [-0.05, 0) is 17.9 Å². The molecule has 9 heteroatoms. The molecular formula is C17H26F2IN3O3. The lowest BCUT2D eigenvalue weighted by atomic mass is 9.92. The fourth-order valence-corrected chi connectivity index (χ4v) is 2.26. The molecule has 0 saturated heterocycles. The van der Waals surface area contributed by atoms with Gasteiger partial charge in [-0.3, -0.25) is 4.99 Å². The lowest BCUT2D eigenvalue weighted by Crippen LogP contribution is -2.38. The van der Waals surface area contributed by atoms with E-state index in [1.54, 1.807) is 13.1 Å². The molecule has 148 valence electrons. The third-order valence-corrected chi connectivity index (χ3v) is 3.61. The summed E-state index contributed by atoms with van der Waals surface area (Å²) in [5, 5.41) is 6.30. The standard InChI is InChI=1S/C17H25F2N3O3.HI/c1-17(2,3)5-6-21-16(20-4)22-9-11-7-13-14(24-10-23-13)8-12(11)25-15(18)19;/h7-8,15H,5-6,9-10H2,1-4H3,(H2,20,21,22);1H. The lowest BCUT2D eigenvalue weighted by molar-refractivity contribution is -0.0505. The van der Waals surface area contributed by atoms with Crippen molar-refractivity contribution < 1.29 is 23.0 Å². The lowest BCUT2D eigenvalue weighted by Gasteiger charge is -2.20. The Morgan fingerprint density at radius 2 is 1.88 bits per heavy atom. The number of halogens is 3. The molecule has 1 aliphatic heterocycles. The predicted octanol–water partition coefficient (Wildman–Crippen LogP) is 3.74. The Labute approximate surface area is 169 Å². The van der Waals surface area contributed by atoms with Gasteiger partial charge < -0.3 is 24.8 Å². The van der Waals surface area contributed by atoms with Crippen molar-refractivity contribution in [3.8, 4) is 17.2 Å². The maximum Gasteiger partial charge on any atom is 0.387 e. The smallest absolute Gasteiger partial charge is 0.387 e. The molecule has 0 amide bonds. The summed E-state index contributed by atoms with van der Waals surface area (Å²) in [5.41, 5.74) is 0.741. The van der Waals surface area contributed by atoms with E-state index in [4.69, 9.17) is 9.47 Å². The molecule has 0 saturated carbocycles. The van der Waals surface area contributed by atoms with Crippen LogP contribution in [0, 0.1) is 5.41 Å². The Morgan fingerprint density at radius 1 is 1.23 bits per heavy atom. The van der Waals surface area contributed by atoms with E-state index in [-0.39, 0.29) is 48.5 Å². The van der Waals surface area contributed by atoms with Crippen LogP contribution in [0.4, 0.5) is 8.78 Å². The fraction of sp³-hybridized carbons (Fsp3) is 0.588. The SMILES string of the molecule is CN=C(NCCC(C)(C)C)NCc1cc2c(cc1OC(F)F)OCO2.I. The highest BCUT2D eigenvalue weighted by atomic mass is 127. The number of nitrogens with one attached hydrogen (secondary N) is 2. The summed E-state index contributed by atoms with van der Waals surface area (Å²) in [6.07, 6.45) is 0.970. The van der Waals surface area contributed by atoms with E-state index in [1.807, 2.05) is 0 Å². The summed E-state index contributed by atoms with van der Waals surface area (Å²) in [7, 11) is 1.66. The number of aliphatic imine (C=N–C) groups is 1. The third-order valence-electron chi connectivity index (χ3n) is 3.61. The van der Waals surface area contributed by atoms with Gasteiger partial charge in [-0.2, -0.15) is 8.78 Å². The number of rotatable bonds is 6. The number of benzene rings is 1. The predicted molar refractivity (Wildman–Crippen MR) is 107 cm³/mol. The summed E-state index contributed by atoms with van der Waals surface area (Å²) in [6.45, 7) is 4.64. The number of guanidine groups is 1. The largest absolute Gasteiger partial charge is 0.454 e. The minimum absolute atomic E-state index is 0. The highest BCUT2D eigenvalue weighted by Crippen LogP contribution is 2.38. The molecule has 1 aromatic rings. The van der Waals surface area contributed by atoms with E-state index >= 15 is 0 Å². The first kappa shape index (κ1) is 22.5. The summed E-state index contributed by atoms with van der Waals surface area (Å²) in [4.78, 5) is 4.14. The molecule has 0 unspecified atom stereocenters. The van der Waals surface area contributed by atoms with Crippen LogP contribution in [0.5, 0.6) is 17.2 Å². The fourth-order valence-electron chi connectivity index (χ4n) is 2.26. The number of hydrogen-bond donors (Lipinski definition) is 2. The Hall–Kier alpha value is -1.52. The van der Waals surface area contributed by atoms with Gasteiger partial charge in [0.05, 0.1) is 0 Å². The minimum Gasteiger partial charge on any atom is -0.454 e. The maximum atomic E-state index is 12.6. The summed E-state index contributed by atoms with van der Waals surface area (Å²) in [5.74, 6) is 1.54. The van der Waals surface area contributed by atoms with Crippen LogP contribution in [0.1, 0.15) is 32.8 Å². The van der Waals surface area contributed by atoms with Crippen molar-refractivity contribution in [2.75, 3.05) is 20.4 Å². The van der Waals surface area contributed by atoms with Crippen LogP contribution < -0.4 is 24.8 Å². The summed E-state index contributed by atoms with van der Waals surface area (Å²) in [6, 6.07) is 3.05. The van der Waals surface area contributed by atoms with Crippen LogP contribution in [0.25, 0.3) is 0 Å². The average Bonchev–Trinajstić information content (AvgIpc) is 2.95. The van der Waals surface area contributed by atoms with Crippen LogP contribution in [0.15, 0.2) is 17.1 Å². The van der Waals surface area contributed by atoms with Crippen molar-refractivity contribution in [1.82, 2.24) is 10.6 Å². The van der Waals surface area contributed by atoms with Crippen LogP contribution in [0.3, 0.4) is 0 Å². The zero-order valence-electron chi connectivity index (χ0n) is 15.4. The topological polar surface area (TPSA) is 64.1 Å². The quantitative estimate of drug-likeness (QED) is 0.365. The number of hydrogen-bond acceptors (Lipinski definition) is 4. The van der Waals surface area contributed by atoms with Gasteiger partial charge in [0.1, 0.15) is 5.75 Å². The van der Waals surface area contributed by atoms with Crippen molar-refractivity contribution in [2.24, 2.45) is 10.4 Å². The monoisotopic (exact) mass is 485 g/mol. The molecule has 0 bridgehead atoms. The molecule has 1 heterocycles. The van der Waals surface area contributed by atoms with Gasteiger partial charge in [-0.1, -0.05) is 20.8 Å². The van der Waals surface area contributed by atoms with E-state index in [0.717, 1.165) is 13.0 Å². The molecule has 0 spiro atoms. The second kappa shape index (κ2) is 9.98. The zero-order valence-corrected chi connectivity index (χ0v) is 17.7. The van der Waals surface area contributed by atoms with Crippen LogP contribution in [-0.4, -0.2) is 33.0 Å². The van der Waals surface area contributed by atoms with Crippen molar-refractivity contribution >= 4 is 29.9 Å². The second-order valence-electron chi connectivity index (χ2n) is 6.85. The molecule has 2 rings (SSSR count). The van der Waals surface area contributed by atoms with Gasteiger partial charge >= 0.3 is 6.61 Å². The molecule has 0 aromatic heterocycles. The zero-order chi connectivity index (χ0) is 18.4. The Kier molecular flexibility index (Phi) is 8.65. The molecule has 1 aromatic carbocycles. The Bertz CT molecular complexity index is 622. The van der Waals surface area contributed by atoms with Crippen molar-refractivity contribution in [3.05, 3.63) is 17.7 Å². The van der Waals surface area contributed by atoms with Gasteiger partial charge in [0, 0.05) is 31.8 Å². The number of alkyl halides is 2. The number of fused-ring (bicyclic) bond motifs is 1. The van der Waals surface area contributed by atoms with Crippen LogP contribution in [-0.2, 0) is 6.54 Å². The van der Waals surface area contributed by atoms with E-state index in [9.17, 15) is 8.78 Å². The van der Waals surface area contributed by atoms with E-state index in [2.05, 4.69) is 41.1 Å². The summed E-state index contributed by atoms with van der Waals surface area (Å²) >= 11 is 0. The second-order valence-corrected chi connectivity index (χ2v) is 6.85. The van der Waals surface area contributed by atoms with Gasteiger partial charge in [0.25, 0.3) is 0 Å². The molecule has 0 radical (unpaired) electrons. The first-order chi connectivity index (χ1) is 11.8. The van der Waals surface area contributed by atoms with Crippen molar-refractivity contribution in [3.63, 3.8) is 0 Å². The number of ether oxygens (including phenoxy) is 3. The molecule has 2 N–H and O–H groups in total. The molecule has 0 fully saturated rings. The van der Waals surface area contributed by atoms with Crippen molar-refractivity contribution in [2.45, 2.75) is 40.3 Å². The Balaban J connectivity index is 0.00000338. The van der Waals surface area contributed by atoms with E-state index in [0.29, 0.717) is 23.0 Å². The molecule has 6 nitrogen and oxygen atoms in total. The third kappa shape index (κ3) is 7.00. The van der Waals surface area contributed by atoms with Crippen molar-refractivity contribution in [1.29, 1.82) is 0 Å². The highest BCUT2D eigenvalue weighted by molar-refractivity contribution is 14.0. The van der Waals surface area contributed by atoms with Gasteiger partial charge in [0.2, 0.25) is 6.79 Å². The Morgan fingerprint density at radius 3 is 2.46 bits per heavy atom. The first-order valence-corrected chi connectivity index (χ1v) is 8.10. The molecule has 0 aliphatic carbocycles. The molecule has 26 heavy (non-hydrogen) atoms. The van der Waals surface area contributed by atoms with Crippen LogP contribution in [0.2, 0.25) is 0 Å². The van der Waals surface area contributed by atoms with Gasteiger partial charge in [0.15, 0.2) is 17.5 Å². The molecular weight excluding hydrogens is 459 g/mol. The minimum atomic E-state index is -2.91. The highest BCUT2D eigenvalue weighted by Gasteiger charge is 2.20. The summed E-state index contributed by atoms with van der Waals surface area (Å²) < 4.78 is 40.4. The maximum absolute atomic E-state index is 12.6. The normalized spacial score (nSPS) is 13.4. The van der Waals surface area contributed by atoms with Gasteiger partial charge in [-0.25, -0.2) is 0 Å². The average molecular weight is 485 g/mol. The molecule has 1 aliphatic rings. The first-order valence-electron chi connectivity index (χ1n) is 8.10. The van der Waals surface area contributed by atoms with Gasteiger partial charge in [-0.15, -0.1) is 24.0 Å². The van der Waals surface area contributed by atoms with Crippen LogP contribution >= 0.6 is 24.0 Å². The molecule has 0 atom stereocenters. The number of nitrogens with zero attached hydrogens (tertiary/aromatic N) is 1. The van der Waals surface area contributed by atoms with E-state index in [1.165, 1.54) is 6.07 Å².